The molecule has 3 aliphatic rings. The Kier molecular flexibility index (Phi) is 8.55. The van der Waals surface area contributed by atoms with Gasteiger partial charge >= 0.3 is 0 Å². The zero-order valence-corrected chi connectivity index (χ0v) is 25.4. The van der Waals surface area contributed by atoms with Gasteiger partial charge < -0.3 is 16.0 Å². The first-order chi connectivity index (χ1) is 21.7. The van der Waals surface area contributed by atoms with Crippen LogP contribution < -0.4 is 16.4 Å². The third-order valence-corrected chi connectivity index (χ3v) is 8.35. The molecule has 0 saturated heterocycles. The van der Waals surface area contributed by atoms with E-state index >= 15 is 0 Å². The van der Waals surface area contributed by atoms with Gasteiger partial charge in [-0.25, -0.2) is 28.7 Å². The van der Waals surface area contributed by atoms with Crippen LogP contribution in [0.1, 0.15) is 36.1 Å². The van der Waals surface area contributed by atoms with E-state index in [1.807, 2.05) is 26.2 Å². The molecule has 4 N–H and O–H groups in total. The minimum atomic E-state index is -0.706. The Morgan fingerprint density at radius 1 is 1.09 bits per heavy atom. The molecule has 12 heteroatoms. The molecule has 45 heavy (non-hydrogen) atoms. The number of carbonyl (C=O) groups excluding carboxylic acids is 1. The smallest absolute Gasteiger partial charge is 0.229 e. The molecule has 1 fully saturated rings. The van der Waals surface area contributed by atoms with Crippen LogP contribution in [0.4, 0.5) is 26.1 Å². The molecule has 2 heterocycles. The summed E-state index contributed by atoms with van der Waals surface area (Å²) in [4.78, 5) is 32.7. The summed E-state index contributed by atoms with van der Waals surface area (Å²) in [6, 6.07) is 11.2. The zero-order valence-electron chi connectivity index (χ0n) is 24.7. The van der Waals surface area contributed by atoms with Crippen molar-refractivity contribution in [3.05, 3.63) is 101 Å². The van der Waals surface area contributed by atoms with Gasteiger partial charge in [0, 0.05) is 41.2 Å². The fraction of sp³-hybridized carbons (Fsp3) is 0.242. The van der Waals surface area contributed by atoms with Crippen molar-refractivity contribution in [3.63, 3.8) is 0 Å². The van der Waals surface area contributed by atoms with Crippen LogP contribution in [0.2, 0.25) is 0 Å². The number of nitrogens with one attached hydrogen (secondary N) is 2. The van der Waals surface area contributed by atoms with E-state index in [9.17, 15) is 13.6 Å². The maximum Gasteiger partial charge on any atom is 0.229 e. The number of benzene rings is 2. The first kappa shape index (κ1) is 30.3. The van der Waals surface area contributed by atoms with Crippen LogP contribution in [-0.2, 0) is 11.2 Å². The second-order valence-corrected chi connectivity index (χ2v) is 11.7. The number of nitrogens with two attached hydrogens (primary N) is 1. The monoisotopic (exact) mass is 628 g/mol. The molecule has 3 aromatic rings. The molecule has 2 aromatic carbocycles. The number of carbonyl (C=O) groups is 1. The lowest BCUT2D eigenvalue weighted by atomic mass is 9.84. The molecule has 1 aromatic heterocycles. The molecule has 2 aliphatic carbocycles. The lowest BCUT2D eigenvalue weighted by molar-refractivity contribution is -0.123. The Morgan fingerprint density at radius 2 is 1.87 bits per heavy atom. The van der Waals surface area contributed by atoms with E-state index in [1.165, 1.54) is 24.3 Å². The zero-order chi connectivity index (χ0) is 31.7. The minimum Gasteiger partial charge on any atom is -0.369 e. The van der Waals surface area contributed by atoms with Gasteiger partial charge in [0.05, 0.1) is 16.9 Å². The fourth-order valence-electron chi connectivity index (χ4n) is 5.85. The van der Waals surface area contributed by atoms with Crippen LogP contribution in [0.15, 0.2) is 82.6 Å². The van der Waals surface area contributed by atoms with E-state index in [1.54, 1.807) is 30.6 Å². The number of rotatable bonds is 6. The highest BCUT2D eigenvalue weighted by molar-refractivity contribution is 6.69. The highest BCUT2D eigenvalue weighted by atomic mass is 35.5. The van der Waals surface area contributed by atoms with Gasteiger partial charge in [0.1, 0.15) is 16.8 Å². The van der Waals surface area contributed by atoms with Gasteiger partial charge in [-0.2, -0.15) is 0 Å². The molecule has 0 spiro atoms. The Balaban J connectivity index is 1.21. The molecule has 0 bridgehead atoms. The average molecular weight is 629 g/mol. The molecule has 1 aliphatic heterocycles. The summed E-state index contributed by atoms with van der Waals surface area (Å²) >= 11 is 6.30. The molecule has 1 saturated carbocycles. The number of hydrogen-bond acceptors (Lipinski definition) is 7. The van der Waals surface area contributed by atoms with Crippen LogP contribution >= 0.6 is 11.6 Å². The Hall–Kier alpha value is -4.74. The highest BCUT2D eigenvalue weighted by Crippen LogP contribution is 2.41. The Labute approximate surface area is 264 Å². The van der Waals surface area contributed by atoms with Crippen molar-refractivity contribution in [2.45, 2.75) is 31.7 Å². The summed E-state index contributed by atoms with van der Waals surface area (Å²) < 4.78 is 29.7. The van der Waals surface area contributed by atoms with Gasteiger partial charge in [-0.05, 0) is 87.3 Å². The van der Waals surface area contributed by atoms with E-state index in [-0.39, 0.29) is 40.0 Å². The lowest BCUT2D eigenvalue weighted by Gasteiger charge is -2.22. The van der Waals surface area contributed by atoms with Crippen molar-refractivity contribution in [2.75, 3.05) is 19.4 Å². The van der Waals surface area contributed by atoms with Crippen molar-refractivity contribution in [1.82, 2.24) is 20.2 Å². The minimum absolute atomic E-state index is 0.0180. The summed E-state index contributed by atoms with van der Waals surface area (Å²) in [6.07, 6.45) is 9.58. The molecule has 230 valence electrons. The van der Waals surface area contributed by atoms with Crippen LogP contribution in [-0.4, -0.2) is 52.0 Å². The van der Waals surface area contributed by atoms with Crippen LogP contribution in [0.25, 0.3) is 11.1 Å². The van der Waals surface area contributed by atoms with E-state index in [0.717, 1.165) is 24.8 Å². The number of nitrogens with zero attached hydrogens (tertiary/aromatic N) is 5. The molecule has 6 rings (SSSR count). The molecule has 0 radical (unpaired) electrons. The number of aliphatic imine (C=N–C) groups is 2. The van der Waals surface area contributed by atoms with Crippen molar-refractivity contribution in [2.24, 2.45) is 21.6 Å². The summed E-state index contributed by atoms with van der Waals surface area (Å²) in [5.74, 6) is -1.33. The quantitative estimate of drug-likeness (QED) is 0.233. The number of aromatic nitrogens is 2. The fourth-order valence-corrected chi connectivity index (χ4v) is 6.01. The topological polar surface area (TPSA) is 121 Å². The van der Waals surface area contributed by atoms with Gasteiger partial charge in [0.2, 0.25) is 17.8 Å². The normalized spacial score (nSPS) is 19.5. The third kappa shape index (κ3) is 6.54. The first-order valence-electron chi connectivity index (χ1n) is 14.5. The summed E-state index contributed by atoms with van der Waals surface area (Å²) in [7, 11) is 4.04. The molecular formula is C33H31ClF2N8O. The first-order valence-corrected chi connectivity index (χ1v) is 14.9. The molecule has 2 unspecified atom stereocenters. The average Bonchev–Trinajstić information content (AvgIpc) is 3.44. The summed E-state index contributed by atoms with van der Waals surface area (Å²) in [5, 5.41) is 6.00. The maximum absolute atomic E-state index is 14.9. The van der Waals surface area contributed by atoms with Crippen LogP contribution in [0.3, 0.4) is 0 Å². The Bertz CT molecular complexity index is 1810. The van der Waals surface area contributed by atoms with E-state index < -0.39 is 11.6 Å². The van der Waals surface area contributed by atoms with E-state index in [4.69, 9.17) is 22.3 Å². The van der Waals surface area contributed by atoms with Crippen molar-refractivity contribution < 1.29 is 13.6 Å². The number of fused-ring (bicyclic) bond motifs is 3. The van der Waals surface area contributed by atoms with Crippen LogP contribution in [0.5, 0.6) is 0 Å². The SMILES string of the molecule is CN(C)C1CCC(C(=O)NC(N)=Nc2cccc(Nc3ncc4c(n3)C3=CN=C(Cl)C=C(c5c(F)cccc5F)C3=CC4)c2)C1. The van der Waals surface area contributed by atoms with Crippen LogP contribution in [0, 0.1) is 17.6 Å². The molecule has 9 nitrogen and oxygen atoms in total. The molecular weight excluding hydrogens is 598 g/mol. The number of allylic oxidation sites excluding steroid dienone is 5. The van der Waals surface area contributed by atoms with Gasteiger partial charge in [0.25, 0.3) is 0 Å². The van der Waals surface area contributed by atoms with Crippen molar-refractivity contribution >= 4 is 57.1 Å². The second-order valence-electron chi connectivity index (χ2n) is 11.3. The van der Waals surface area contributed by atoms with Gasteiger partial charge in [0.15, 0.2) is 0 Å². The summed E-state index contributed by atoms with van der Waals surface area (Å²) in [5.41, 5.74) is 9.85. The maximum atomic E-state index is 14.9. The number of hydrogen-bond donors (Lipinski definition) is 3. The predicted octanol–water partition coefficient (Wildman–Crippen LogP) is 5.85. The van der Waals surface area contributed by atoms with Gasteiger partial charge in [-0.1, -0.05) is 29.8 Å². The van der Waals surface area contributed by atoms with Crippen molar-refractivity contribution in [1.29, 1.82) is 0 Å². The third-order valence-electron chi connectivity index (χ3n) is 8.15. The van der Waals surface area contributed by atoms with E-state index in [0.29, 0.717) is 40.7 Å². The highest BCUT2D eigenvalue weighted by Gasteiger charge is 2.31. The molecule has 2 atom stereocenters. The second kappa shape index (κ2) is 12.7. The van der Waals surface area contributed by atoms with Gasteiger partial charge in [-0.3, -0.25) is 10.1 Å². The van der Waals surface area contributed by atoms with Crippen molar-refractivity contribution in [3.8, 4) is 0 Å². The Morgan fingerprint density at radius 3 is 2.62 bits per heavy atom. The molecule has 1 amide bonds. The number of guanidine groups is 1. The van der Waals surface area contributed by atoms with Gasteiger partial charge in [-0.15, -0.1) is 0 Å². The predicted molar refractivity (Wildman–Crippen MR) is 173 cm³/mol. The number of halogens is 3. The number of amides is 1. The lowest BCUT2D eigenvalue weighted by Crippen LogP contribution is -2.40. The van der Waals surface area contributed by atoms with E-state index in [2.05, 4.69) is 30.5 Å². The standard InChI is InChI=1S/C33H31ClF2N8O/c1-44(2)22-11-9-18(13-22)31(45)43-32(37)40-20-5-3-6-21(14-20)41-33-39-16-19-10-12-23-24(29-26(35)7-4-8-27(29)36)15-28(34)38-17-25(23)30(19)42-33/h3-8,12,14-18,22H,9-11,13H2,1-2H3,(H,39,41,42)(H3,37,40,43,45). The number of anilines is 2. The summed E-state index contributed by atoms with van der Waals surface area (Å²) in [6.45, 7) is 0. The largest absolute Gasteiger partial charge is 0.369 e.